The molecule has 15 heavy (non-hydrogen) atoms. The predicted octanol–water partition coefficient (Wildman–Crippen LogP) is 3.74. The minimum absolute atomic E-state index is 0.719. The first kappa shape index (κ1) is 10.3. The van der Waals surface area contributed by atoms with Crippen LogP contribution < -0.4 is 0 Å². The molecule has 0 nitrogen and oxygen atoms in total. The van der Waals surface area contributed by atoms with E-state index in [0.717, 1.165) is 28.6 Å². The minimum Gasteiger partial charge on any atom is -0.0585 e. The molecule has 84 valence electrons. The predicted molar refractivity (Wildman–Crippen MR) is 69.0 cm³/mol. The summed E-state index contributed by atoms with van der Waals surface area (Å²) in [6.07, 6.45) is 11.7. The third-order valence-corrected chi connectivity index (χ3v) is 7.32. The van der Waals surface area contributed by atoms with Gasteiger partial charge >= 0.3 is 0 Å². The van der Waals surface area contributed by atoms with Crippen LogP contribution >= 0.6 is 0 Å². The van der Waals surface area contributed by atoms with Gasteiger partial charge in [0.2, 0.25) is 0 Å². The lowest BCUT2D eigenvalue weighted by molar-refractivity contribution is 0.255. The second-order valence-corrected chi connectivity index (χ2v) is 7.86. The molecule has 3 unspecified atom stereocenters. The van der Waals surface area contributed by atoms with E-state index in [9.17, 15) is 0 Å². The third-order valence-electron chi connectivity index (χ3n) is 4.65. The fraction of sp³-hybridized carbons (Fsp3) is 0.857. The molecule has 1 saturated heterocycles. The van der Waals surface area contributed by atoms with Crippen molar-refractivity contribution in [2.75, 3.05) is 11.5 Å². The fourth-order valence-electron chi connectivity index (χ4n) is 3.85. The van der Waals surface area contributed by atoms with Crippen LogP contribution in [0.15, 0.2) is 11.0 Å². The molecule has 1 aliphatic heterocycles. The third kappa shape index (κ3) is 1.77. The largest absolute Gasteiger partial charge is 0.131 e. The molecule has 2 fully saturated rings. The minimum atomic E-state index is 0.719. The van der Waals surface area contributed by atoms with Crippen molar-refractivity contribution in [2.24, 2.45) is 17.8 Å². The molecule has 1 heterocycles. The first-order valence-electron chi connectivity index (χ1n) is 6.75. The first-order chi connectivity index (χ1) is 7.36. The van der Waals surface area contributed by atoms with Crippen LogP contribution in [-0.4, -0.2) is 11.5 Å². The van der Waals surface area contributed by atoms with Crippen LogP contribution in [0.2, 0.25) is 0 Å². The molecular weight excluding hydrogens is 200 g/mol. The van der Waals surface area contributed by atoms with Gasteiger partial charge < -0.3 is 0 Å². The van der Waals surface area contributed by atoms with Crippen molar-refractivity contribution in [1.29, 1.82) is 0 Å². The molecular formula is C14H23S+. The second kappa shape index (κ2) is 4.16. The summed E-state index contributed by atoms with van der Waals surface area (Å²) in [7, 11) is 0.719. The lowest BCUT2D eigenvalue weighted by Crippen LogP contribution is -2.23. The Balaban J connectivity index is 1.79. The van der Waals surface area contributed by atoms with E-state index in [1.807, 2.05) is 4.91 Å². The summed E-state index contributed by atoms with van der Waals surface area (Å²) in [5.74, 6) is 6.03. The molecule has 0 radical (unpaired) electrons. The van der Waals surface area contributed by atoms with Gasteiger partial charge in [0.05, 0.1) is 0 Å². The van der Waals surface area contributed by atoms with Gasteiger partial charge in [0, 0.05) is 16.8 Å². The van der Waals surface area contributed by atoms with Crippen LogP contribution in [0.25, 0.3) is 0 Å². The van der Waals surface area contributed by atoms with Gasteiger partial charge in [0.25, 0.3) is 0 Å². The van der Waals surface area contributed by atoms with Crippen LogP contribution in [0.3, 0.4) is 0 Å². The summed E-state index contributed by atoms with van der Waals surface area (Å²) < 4.78 is 0. The van der Waals surface area contributed by atoms with Gasteiger partial charge in [0.1, 0.15) is 16.4 Å². The van der Waals surface area contributed by atoms with Crippen molar-refractivity contribution in [3.63, 3.8) is 0 Å². The normalized spacial score (nSPS) is 41.7. The molecule has 0 aromatic rings. The Labute approximate surface area is 96.9 Å². The monoisotopic (exact) mass is 223 g/mol. The number of hydrogen-bond acceptors (Lipinski definition) is 0. The highest BCUT2D eigenvalue weighted by Crippen LogP contribution is 2.48. The van der Waals surface area contributed by atoms with E-state index in [0.29, 0.717) is 0 Å². The maximum atomic E-state index is 2.69. The summed E-state index contributed by atoms with van der Waals surface area (Å²) >= 11 is 0. The molecule has 2 aliphatic carbocycles. The van der Waals surface area contributed by atoms with Gasteiger partial charge in [-0.2, -0.15) is 0 Å². The first-order valence-corrected chi connectivity index (χ1v) is 8.32. The van der Waals surface area contributed by atoms with E-state index in [4.69, 9.17) is 0 Å². The Morgan fingerprint density at radius 1 is 1.07 bits per heavy atom. The zero-order valence-electron chi connectivity index (χ0n) is 9.87. The number of rotatable bonds is 1. The Morgan fingerprint density at radius 2 is 1.80 bits per heavy atom. The van der Waals surface area contributed by atoms with Crippen molar-refractivity contribution < 1.29 is 0 Å². The van der Waals surface area contributed by atoms with E-state index in [1.165, 1.54) is 50.0 Å². The number of fused-ring (bicyclic) bond motifs is 1. The zero-order valence-corrected chi connectivity index (χ0v) is 10.7. The van der Waals surface area contributed by atoms with E-state index in [2.05, 4.69) is 13.0 Å². The van der Waals surface area contributed by atoms with Crippen molar-refractivity contribution in [3.8, 4) is 0 Å². The Kier molecular flexibility index (Phi) is 2.84. The van der Waals surface area contributed by atoms with Crippen LogP contribution in [0.4, 0.5) is 0 Å². The summed E-state index contributed by atoms with van der Waals surface area (Å²) in [5, 5.41) is 0. The van der Waals surface area contributed by atoms with E-state index >= 15 is 0 Å². The average molecular weight is 223 g/mol. The lowest BCUT2D eigenvalue weighted by atomic mass is 9.78. The van der Waals surface area contributed by atoms with Gasteiger partial charge in [-0.15, -0.1) is 0 Å². The van der Waals surface area contributed by atoms with Crippen molar-refractivity contribution >= 4 is 10.9 Å². The molecule has 3 atom stereocenters. The van der Waals surface area contributed by atoms with Crippen molar-refractivity contribution in [1.82, 2.24) is 0 Å². The highest BCUT2D eigenvalue weighted by molar-refractivity contribution is 8.00. The Morgan fingerprint density at radius 3 is 2.60 bits per heavy atom. The summed E-state index contributed by atoms with van der Waals surface area (Å²) in [5.41, 5.74) is 0. The van der Waals surface area contributed by atoms with Gasteiger partial charge in [-0.25, -0.2) is 0 Å². The van der Waals surface area contributed by atoms with Gasteiger partial charge in [-0.05, 0) is 43.6 Å². The highest BCUT2D eigenvalue weighted by atomic mass is 32.2. The van der Waals surface area contributed by atoms with Crippen LogP contribution in [0.1, 0.15) is 45.4 Å². The Hall–Kier alpha value is 0.0900. The average Bonchev–Trinajstić information content (AvgIpc) is 2.87. The van der Waals surface area contributed by atoms with Gasteiger partial charge in [0.15, 0.2) is 0 Å². The van der Waals surface area contributed by atoms with Crippen LogP contribution in [-0.2, 0) is 10.9 Å². The quantitative estimate of drug-likeness (QED) is 0.594. The van der Waals surface area contributed by atoms with E-state index in [1.54, 1.807) is 0 Å². The summed E-state index contributed by atoms with van der Waals surface area (Å²) in [6.45, 7) is 2.47. The van der Waals surface area contributed by atoms with Crippen LogP contribution in [0, 0.1) is 17.8 Å². The second-order valence-electron chi connectivity index (χ2n) is 5.59. The molecule has 0 bridgehead atoms. The highest BCUT2D eigenvalue weighted by Gasteiger charge is 2.45. The molecule has 0 aromatic carbocycles. The molecule has 0 N–H and O–H groups in total. The summed E-state index contributed by atoms with van der Waals surface area (Å²) in [6, 6.07) is 0. The molecule has 3 rings (SSSR count). The molecule has 0 aromatic heterocycles. The molecule has 1 saturated carbocycles. The Bertz CT molecular complexity index is 263. The molecule has 0 spiro atoms. The smallest absolute Gasteiger partial charge is 0.0585 e. The standard InChI is InChI=1S/C14H23S/c1-11-10-14(15-8-4-5-9-15)13-7-3-2-6-12(11)13/h10-13H,2-9H2,1H3/q+1. The topological polar surface area (TPSA) is 0 Å². The zero-order chi connectivity index (χ0) is 10.3. The van der Waals surface area contributed by atoms with E-state index in [-0.39, 0.29) is 0 Å². The maximum absolute atomic E-state index is 2.69. The lowest BCUT2D eigenvalue weighted by Gasteiger charge is -2.28. The van der Waals surface area contributed by atoms with Crippen molar-refractivity contribution in [3.05, 3.63) is 11.0 Å². The van der Waals surface area contributed by atoms with Crippen LogP contribution in [0.5, 0.6) is 0 Å². The number of allylic oxidation sites excluding steroid dienone is 2. The number of hydrogen-bond donors (Lipinski definition) is 0. The SMILES string of the molecule is CC1C=C([S+]2CCCC2)C2CCCCC12. The fourth-order valence-corrected chi connectivity index (χ4v) is 6.76. The molecule has 0 amide bonds. The molecule has 1 heteroatoms. The summed E-state index contributed by atoms with van der Waals surface area (Å²) in [4.78, 5) is 1.93. The van der Waals surface area contributed by atoms with Gasteiger partial charge in [-0.1, -0.05) is 19.8 Å². The van der Waals surface area contributed by atoms with E-state index < -0.39 is 0 Å². The maximum Gasteiger partial charge on any atom is 0.131 e. The van der Waals surface area contributed by atoms with Gasteiger partial charge in [-0.3, -0.25) is 0 Å². The van der Waals surface area contributed by atoms with Crippen molar-refractivity contribution in [2.45, 2.75) is 45.4 Å². The molecule has 3 aliphatic rings.